The summed E-state index contributed by atoms with van der Waals surface area (Å²) in [5.74, 6) is 0. The molecule has 1 heteroatoms. The molecule has 11 heavy (non-hydrogen) atoms. The van der Waals surface area contributed by atoms with E-state index in [9.17, 15) is 0 Å². The summed E-state index contributed by atoms with van der Waals surface area (Å²) < 4.78 is 0. The van der Waals surface area contributed by atoms with E-state index in [1.807, 2.05) is 31.2 Å². The molecule has 56 valence electrons. The van der Waals surface area contributed by atoms with Crippen molar-refractivity contribution in [1.29, 1.82) is 0 Å². The molecule has 1 aromatic carbocycles. The van der Waals surface area contributed by atoms with E-state index >= 15 is 0 Å². The Bertz CT molecular complexity index is 306. The van der Waals surface area contributed by atoms with Crippen molar-refractivity contribution < 1.29 is 0 Å². The van der Waals surface area contributed by atoms with Crippen LogP contribution in [0.1, 0.15) is 12.5 Å². The molecular weight excluding hydrogens is 156 g/mol. The molecule has 0 N–H and O–H groups in total. The van der Waals surface area contributed by atoms with Gasteiger partial charge in [0.15, 0.2) is 0 Å². The molecule has 0 nitrogen and oxygen atoms in total. The maximum absolute atomic E-state index is 5.91. The second-order valence-electron chi connectivity index (χ2n) is 2.28. The number of hydrogen-bond donors (Lipinski definition) is 0. The molecule has 0 bridgehead atoms. The van der Waals surface area contributed by atoms with Crippen LogP contribution in [0.2, 0.25) is 5.02 Å². The van der Waals surface area contributed by atoms with Crippen molar-refractivity contribution in [3.05, 3.63) is 47.2 Å². The maximum Gasteiger partial charge on any atom is 0.0487 e. The minimum Gasteiger partial charge on any atom is -0.125 e. The third-order valence-electron chi connectivity index (χ3n) is 1.54. The molecule has 0 aromatic heterocycles. The Morgan fingerprint density at radius 2 is 2.09 bits per heavy atom. The van der Waals surface area contributed by atoms with Crippen molar-refractivity contribution in [3.63, 3.8) is 0 Å². The molecule has 1 aromatic rings. The van der Waals surface area contributed by atoms with Crippen LogP contribution < -0.4 is 0 Å². The Balaban J connectivity index is 3.24. The van der Waals surface area contributed by atoms with Gasteiger partial charge in [0.2, 0.25) is 0 Å². The van der Waals surface area contributed by atoms with Gasteiger partial charge in [0.05, 0.1) is 0 Å². The molecule has 0 saturated heterocycles. The van der Waals surface area contributed by atoms with Gasteiger partial charge in [-0.1, -0.05) is 36.4 Å². The van der Waals surface area contributed by atoms with Gasteiger partial charge >= 0.3 is 0 Å². The summed E-state index contributed by atoms with van der Waals surface area (Å²) in [4.78, 5) is 0. The Labute approximate surface area is 71.8 Å². The van der Waals surface area contributed by atoms with Crippen LogP contribution in [0.3, 0.4) is 0 Å². The molecule has 0 spiro atoms. The normalized spacial score (nSPS) is 8.91. The zero-order valence-electron chi connectivity index (χ0n) is 6.39. The van der Waals surface area contributed by atoms with Crippen molar-refractivity contribution in [1.82, 2.24) is 0 Å². The molecule has 0 amide bonds. The van der Waals surface area contributed by atoms with Gasteiger partial charge in [0.1, 0.15) is 0 Å². The van der Waals surface area contributed by atoms with Crippen molar-refractivity contribution in [3.8, 4) is 0 Å². The summed E-state index contributed by atoms with van der Waals surface area (Å²) in [5.41, 5.74) is 4.79. The molecule has 0 aliphatic rings. The molecule has 0 heterocycles. The fourth-order valence-electron chi connectivity index (χ4n) is 0.861. The molecule has 0 aliphatic carbocycles. The van der Waals surface area contributed by atoms with Crippen LogP contribution in [0.25, 0.3) is 5.57 Å². The fourth-order valence-corrected chi connectivity index (χ4v) is 1.14. The highest BCUT2D eigenvalue weighted by Gasteiger charge is 1.98. The number of allylic oxidation sites excluding steroid dienone is 1. The Hall–Kier alpha value is -0.970. The molecule has 0 radical (unpaired) electrons. The van der Waals surface area contributed by atoms with Gasteiger partial charge in [-0.15, -0.1) is 5.73 Å². The first kappa shape index (κ1) is 8.13. The van der Waals surface area contributed by atoms with Crippen LogP contribution in [0.15, 0.2) is 36.6 Å². The average Bonchev–Trinajstić information content (AvgIpc) is 2.04. The Morgan fingerprint density at radius 1 is 1.45 bits per heavy atom. The first-order chi connectivity index (χ1) is 5.25. The first-order valence-corrected chi connectivity index (χ1v) is 3.75. The minimum atomic E-state index is 0.751. The lowest BCUT2D eigenvalue weighted by Crippen LogP contribution is -1.77. The van der Waals surface area contributed by atoms with Crippen molar-refractivity contribution in [2.75, 3.05) is 0 Å². The molecule has 0 aliphatic heterocycles. The molecule has 0 atom stereocenters. The molecular formula is C10H9Cl. The summed E-state index contributed by atoms with van der Waals surface area (Å²) in [7, 11) is 0. The lowest BCUT2D eigenvalue weighted by Gasteiger charge is -1.99. The van der Waals surface area contributed by atoms with Crippen LogP contribution in [-0.4, -0.2) is 0 Å². The van der Waals surface area contributed by atoms with Crippen LogP contribution in [-0.2, 0) is 0 Å². The highest BCUT2D eigenvalue weighted by atomic mass is 35.5. The number of rotatable bonds is 1. The van der Waals surface area contributed by atoms with E-state index in [1.54, 1.807) is 0 Å². The van der Waals surface area contributed by atoms with Gasteiger partial charge in [0.25, 0.3) is 0 Å². The largest absolute Gasteiger partial charge is 0.125 e. The van der Waals surface area contributed by atoms with E-state index in [-0.39, 0.29) is 0 Å². The van der Waals surface area contributed by atoms with Gasteiger partial charge in [0, 0.05) is 10.6 Å². The van der Waals surface area contributed by atoms with Gasteiger partial charge < -0.3 is 0 Å². The summed E-state index contributed by atoms with van der Waals surface area (Å²) in [6.45, 7) is 5.50. The third-order valence-corrected chi connectivity index (χ3v) is 1.87. The van der Waals surface area contributed by atoms with Crippen LogP contribution >= 0.6 is 11.6 Å². The van der Waals surface area contributed by atoms with E-state index in [2.05, 4.69) is 12.3 Å². The lowest BCUT2D eigenvalue weighted by atomic mass is 10.1. The molecule has 1 rings (SSSR count). The molecule has 0 fully saturated rings. The number of hydrogen-bond acceptors (Lipinski definition) is 0. The summed E-state index contributed by atoms with van der Waals surface area (Å²) in [6, 6.07) is 7.66. The highest BCUT2D eigenvalue weighted by Crippen LogP contribution is 2.21. The smallest absolute Gasteiger partial charge is 0.0487 e. The third kappa shape index (κ3) is 1.74. The van der Waals surface area contributed by atoms with Gasteiger partial charge in [-0.25, -0.2) is 0 Å². The van der Waals surface area contributed by atoms with E-state index in [1.165, 1.54) is 0 Å². The lowest BCUT2D eigenvalue weighted by molar-refractivity contribution is 1.58. The van der Waals surface area contributed by atoms with E-state index in [0.717, 1.165) is 16.2 Å². The first-order valence-electron chi connectivity index (χ1n) is 3.37. The highest BCUT2D eigenvalue weighted by molar-refractivity contribution is 6.32. The van der Waals surface area contributed by atoms with E-state index in [4.69, 9.17) is 11.6 Å². The predicted octanol–water partition coefficient (Wildman–Crippen LogP) is 3.53. The van der Waals surface area contributed by atoms with Gasteiger partial charge in [-0.2, -0.15) is 0 Å². The molecule has 0 unspecified atom stereocenters. The Kier molecular flexibility index (Phi) is 2.53. The van der Waals surface area contributed by atoms with Crippen molar-refractivity contribution in [2.45, 2.75) is 6.92 Å². The SMILES string of the molecule is C=C=C(C)c1ccccc1Cl. The Morgan fingerprint density at radius 3 is 2.64 bits per heavy atom. The predicted molar refractivity (Wildman–Crippen MR) is 49.7 cm³/mol. The summed E-state index contributed by atoms with van der Waals surface area (Å²) >= 11 is 5.91. The summed E-state index contributed by atoms with van der Waals surface area (Å²) in [6.07, 6.45) is 0. The number of halogens is 1. The van der Waals surface area contributed by atoms with E-state index < -0.39 is 0 Å². The van der Waals surface area contributed by atoms with E-state index in [0.29, 0.717) is 0 Å². The van der Waals surface area contributed by atoms with Crippen molar-refractivity contribution >= 4 is 17.2 Å². The molecule has 0 saturated carbocycles. The zero-order valence-corrected chi connectivity index (χ0v) is 7.15. The zero-order chi connectivity index (χ0) is 8.27. The fraction of sp³-hybridized carbons (Fsp3) is 0.100. The van der Waals surface area contributed by atoms with Gasteiger partial charge in [-0.05, 0) is 18.6 Å². The average molecular weight is 165 g/mol. The number of benzene rings is 1. The second-order valence-corrected chi connectivity index (χ2v) is 2.69. The second kappa shape index (κ2) is 3.43. The van der Waals surface area contributed by atoms with Gasteiger partial charge in [-0.3, -0.25) is 0 Å². The van der Waals surface area contributed by atoms with Crippen molar-refractivity contribution in [2.24, 2.45) is 0 Å². The standard InChI is InChI=1S/C10H9Cl/c1-3-8(2)9-6-4-5-7-10(9)11/h4-7H,1H2,2H3. The quantitative estimate of drug-likeness (QED) is 0.557. The monoisotopic (exact) mass is 164 g/mol. The maximum atomic E-state index is 5.91. The van der Waals surface area contributed by atoms with Crippen LogP contribution in [0.5, 0.6) is 0 Å². The minimum absolute atomic E-state index is 0.751. The van der Waals surface area contributed by atoms with Crippen LogP contribution in [0, 0.1) is 0 Å². The van der Waals surface area contributed by atoms with Crippen LogP contribution in [0.4, 0.5) is 0 Å². The summed E-state index contributed by atoms with van der Waals surface area (Å²) in [5, 5.41) is 0.751. The topological polar surface area (TPSA) is 0 Å².